The highest BCUT2D eigenvalue weighted by atomic mass is 19.3. The maximum atomic E-state index is 14.7. The zero-order chi connectivity index (χ0) is 26.0. The number of nitrogens with one attached hydrogen (secondary N) is 2. The van der Waals surface area contributed by atoms with Gasteiger partial charge in [-0.05, 0) is 42.8 Å². The number of nitrogens with zero attached hydrogens (tertiary/aromatic N) is 2. The molecule has 2 aromatic rings. The average Bonchev–Trinajstić information content (AvgIpc) is 3.17. The van der Waals surface area contributed by atoms with Crippen LogP contribution in [0.2, 0.25) is 0 Å². The highest BCUT2D eigenvalue weighted by Gasteiger charge is 2.50. The highest BCUT2D eigenvalue weighted by molar-refractivity contribution is 5.96. The highest BCUT2D eigenvalue weighted by Crippen LogP contribution is 2.37. The van der Waals surface area contributed by atoms with Crippen LogP contribution in [-0.2, 0) is 11.3 Å². The van der Waals surface area contributed by atoms with E-state index in [-0.39, 0.29) is 35.7 Å². The number of halogens is 3. The maximum absolute atomic E-state index is 14.7. The maximum Gasteiger partial charge on any atom is 0.282 e. The van der Waals surface area contributed by atoms with Gasteiger partial charge in [-0.3, -0.25) is 14.6 Å². The van der Waals surface area contributed by atoms with E-state index in [0.29, 0.717) is 18.4 Å². The minimum atomic E-state index is -3.01. The number of alkyl halides is 2. The van der Waals surface area contributed by atoms with E-state index in [1.807, 2.05) is 0 Å². The molecular weight excluding hydrogens is 475 g/mol. The lowest BCUT2D eigenvalue weighted by molar-refractivity contribution is -0.124. The number of piperidine rings is 1. The van der Waals surface area contributed by atoms with Crippen LogP contribution >= 0.6 is 0 Å². The summed E-state index contributed by atoms with van der Waals surface area (Å²) in [6.07, 6.45) is 0.769. The summed E-state index contributed by atoms with van der Waals surface area (Å²) in [7, 11) is 3.03. The molecule has 11 heteroatoms. The van der Waals surface area contributed by atoms with E-state index in [2.05, 4.69) is 10.7 Å². The largest absolute Gasteiger partial charge is 0.496 e. The van der Waals surface area contributed by atoms with Crippen LogP contribution in [0.1, 0.15) is 33.9 Å². The van der Waals surface area contributed by atoms with Crippen LogP contribution in [0.25, 0.3) is 0 Å². The number of rotatable bonds is 7. The molecule has 0 spiro atoms. The Morgan fingerprint density at radius 1 is 1.28 bits per heavy atom. The van der Waals surface area contributed by atoms with Crippen LogP contribution in [0, 0.1) is 5.82 Å². The van der Waals surface area contributed by atoms with Crippen LogP contribution in [0.15, 0.2) is 53.9 Å². The lowest BCUT2D eigenvalue weighted by Crippen LogP contribution is -2.60. The quantitative estimate of drug-likeness (QED) is 0.499. The summed E-state index contributed by atoms with van der Waals surface area (Å²) in [4.78, 5) is 25.9. The number of ether oxygens (including phenoxy) is 1. The first-order valence-corrected chi connectivity index (χ1v) is 11.4. The minimum Gasteiger partial charge on any atom is -0.496 e. The number of hydrogen-bond acceptors (Lipinski definition) is 7. The third kappa shape index (κ3) is 5.02. The molecule has 0 aliphatic carbocycles. The molecule has 4 N–H and O–H groups in total. The van der Waals surface area contributed by atoms with E-state index in [4.69, 9.17) is 10.5 Å². The van der Waals surface area contributed by atoms with Crippen molar-refractivity contribution in [3.05, 3.63) is 76.4 Å². The molecule has 0 bridgehead atoms. The molecule has 2 unspecified atom stereocenters. The van der Waals surface area contributed by atoms with E-state index < -0.39 is 36.3 Å². The first kappa shape index (κ1) is 25.5. The molecule has 4 rings (SSSR count). The standard InChI is InChI=1S/C25H28F3N5O3/c1-32-10-9-21(25(27,28)14-32)33-23(29)19(13-34)22(31-33)16-5-3-15(4-6-16)12-30-24(35)18-11-17(26)7-8-20(18)36-2/h3-8,11,13,21-22,31H,9-10,12,14,29H2,1-2H3,(H,30,35). The number of aldehydes is 1. The second kappa shape index (κ2) is 10.2. The van der Waals surface area contributed by atoms with Crippen LogP contribution in [0.3, 0.4) is 0 Å². The molecule has 1 saturated heterocycles. The van der Waals surface area contributed by atoms with Gasteiger partial charge in [-0.2, -0.15) is 0 Å². The fraction of sp³-hybridized carbons (Fsp3) is 0.360. The fourth-order valence-electron chi connectivity index (χ4n) is 4.58. The van der Waals surface area contributed by atoms with Gasteiger partial charge in [0, 0.05) is 13.1 Å². The van der Waals surface area contributed by atoms with Crippen molar-refractivity contribution in [3.8, 4) is 5.75 Å². The van der Waals surface area contributed by atoms with E-state index in [1.165, 1.54) is 24.3 Å². The normalized spacial score (nSPS) is 22.0. The van der Waals surface area contributed by atoms with Crippen molar-refractivity contribution < 1.29 is 27.5 Å². The molecular formula is C25H28F3N5O3. The molecule has 2 heterocycles. The zero-order valence-electron chi connectivity index (χ0n) is 19.9. The van der Waals surface area contributed by atoms with Crippen molar-refractivity contribution in [2.75, 3.05) is 27.2 Å². The average molecular weight is 504 g/mol. The SMILES string of the molecule is COc1ccc(F)cc1C(=O)NCc1ccc(C2NN(C3CCN(C)CC3(F)F)C(N)=C2C=O)cc1. The van der Waals surface area contributed by atoms with Gasteiger partial charge in [0.15, 0.2) is 6.29 Å². The molecule has 2 aliphatic rings. The van der Waals surface area contributed by atoms with Crippen molar-refractivity contribution in [1.29, 1.82) is 0 Å². The molecule has 0 saturated carbocycles. The number of hydrazine groups is 1. The monoisotopic (exact) mass is 503 g/mol. The van der Waals surface area contributed by atoms with E-state index in [1.54, 1.807) is 36.2 Å². The second-order valence-corrected chi connectivity index (χ2v) is 8.96. The predicted octanol–water partition coefficient (Wildman–Crippen LogP) is 2.33. The van der Waals surface area contributed by atoms with E-state index in [0.717, 1.165) is 11.6 Å². The number of nitrogens with two attached hydrogens (primary N) is 1. The summed E-state index contributed by atoms with van der Waals surface area (Å²) < 4.78 is 48.2. The first-order valence-electron chi connectivity index (χ1n) is 11.4. The zero-order valence-corrected chi connectivity index (χ0v) is 19.9. The fourth-order valence-corrected chi connectivity index (χ4v) is 4.58. The van der Waals surface area contributed by atoms with Gasteiger partial charge in [0.1, 0.15) is 23.4 Å². The molecule has 1 fully saturated rings. The van der Waals surface area contributed by atoms with Gasteiger partial charge in [0.2, 0.25) is 0 Å². The Hall–Kier alpha value is -3.57. The second-order valence-electron chi connectivity index (χ2n) is 8.96. The number of hydrogen-bond donors (Lipinski definition) is 3. The predicted molar refractivity (Wildman–Crippen MR) is 126 cm³/mol. The summed E-state index contributed by atoms with van der Waals surface area (Å²) >= 11 is 0. The summed E-state index contributed by atoms with van der Waals surface area (Å²) in [5.74, 6) is -3.83. The smallest absolute Gasteiger partial charge is 0.282 e. The van der Waals surface area contributed by atoms with Crippen molar-refractivity contribution in [1.82, 2.24) is 20.7 Å². The summed E-state index contributed by atoms with van der Waals surface area (Å²) in [6.45, 7) is 0.240. The van der Waals surface area contributed by atoms with E-state index >= 15 is 0 Å². The van der Waals surface area contributed by atoms with Gasteiger partial charge in [-0.15, -0.1) is 0 Å². The number of likely N-dealkylation sites (tertiary alicyclic amines) is 1. The Balaban J connectivity index is 1.45. The Morgan fingerprint density at radius 3 is 2.64 bits per heavy atom. The van der Waals surface area contributed by atoms with Gasteiger partial charge < -0.3 is 20.7 Å². The third-order valence-electron chi connectivity index (χ3n) is 6.50. The molecule has 2 aliphatic heterocycles. The molecule has 2 atom stereocenters. The van der Waals surface area contributed by atoms with Crippen molar-refractivity contribution in [3.63, 3.8) is 0 Å². The molecule has 192 valence electrons. The van der Waals surface area contributed by atoms with Gasteiger partial charge in [-0.1, -0.05) is 24.3 Å². The van der Waals surface area contributed by atoms with Gasteiger partial charge in [0.25, 0.3) is 11.8 Å². The van der Waals surface area contributed by atoms with Gasteiger partial charge in [-0.25, -0.2) is 18.6 Å². The minimum absolute atomic E-state index is 0.00962. The van der Waals surface area contributed by atoms with Crippen molar-refractivity contribution in [2.45, 2.75) is 31.0 Å². The lowest BCUT2D eigenvalue weighted by atomic mass is 9.99. The number of carbonyl (C=O) groups is 2. The number of carbonyl (C=O) groups excluding carboxylic acids is 2. The lowest BCUT2D eigenvalue weighted by Gasteiger charge is -2.42. The molecule has 0 radical (unpaired) electrons. The molecule has 1 amide bonds. The van der Waals surface area contributed by atoms with Crippen LogP contribution in [0.4, 0.5) is 13.2 Å². The Morgan fingerprint density at radius 2 is 2.00 bits per heavy atom. The third-order valence-corrected chi connectivity index (χ3v) is 6.50. The Kier molecular flexibility index (Phi) is 7.23. The van der Waals surface area contributed by atoms with Crippen LogP contribution in [-0.4, -0.2) is 61.3 Å². The summed E-state index contributed by atoms with van der Waals surface area (Å²) in [6, 6.07) is 8.76. The molecule has 2 aromatic carbocycles. The van der Waals surface area contributed by atoms with Crippen molar-refractivity contribution in [2.24, 2.45) is 5.73 Å². The summed E-state index contributed by atoms with van der Waals surface area (Å²) in [5, 5.41) is 3.94. The van der Waals surface area contributed by atoms with E-state index in [9.17, 15) is 22.8 Å². The number of amides is 1. The number of methoxy groups -OCH3 is 1. The Bertz CT molecular complexity index is 1170. The van der Waals surface area contributed by atoms with Gasteiger partial charge in [0.05, 0.1) is 30.8 Å². The number of benzene rings is 2. The van der Waals surface area contributed by atoms with Gasteiger partial charge >= 0.3 is 0 Å². The molecule has 0 aromatic heterocycles. The summed E-state index contributed by atoms with van der Waals surface area (Å²) in [5.41, 5.74) is 10.8. The Labute approximate surface area is 206 Å². The van der Waals surface area contributed by atoms with Crippen LogP contribution in [0.5, 0.6) is 5.75 Å². The molecule has 36 heavy (non-hydrogen) atoms. The van der Waals surface area contributed by atoms with Crippen molar-refractivity contribution >= 4 is 12.2 Å². The van der Waals surface area contributed by atoms with Crippen LogP contribution < -0.4 is 21.2 Å². The first-order chi connectivity index (χ1) is 17.1. The topological polar surface area (TPSA) is 99.9 Å². The molecule has 8 nitrogen and oxygen atoms in total.